The molecule has 0 aliphatic heterocycles. The number of nitrogens with zero attached hydrogens (tertiary/aromatic N) is 4. The van der Waals surface area contributed by atoms with Gasteiger partial charge in [-0.1, -0.05) is 125 Å². The third-order valence-corrected chi connectivity index (χ3v) is 15.5. The van der Waals surface area contributed by atoms with Crippen LogP contribution >= 0.6 is 11.3 Å². The van der Waals surface area contributed by atoms with E-state index in [1.54, 1.807) is 26.1 Å². The zero-order chi connectivity index (χ0) is 49.8. The molecule has 0 fully saturated rings. The molecule has 339 valence electrons. The van der Waals surface area contributed by atoms with Crippen LogP contribution in [0.5, 0.6) is 0 Å². The Balaban J connectivity index is 0.000000206. The average Bonchev–Trinajstić information content (AvgIpc) is 3.99. The Bertz CT molecular complexity index is 3910. The minimum absolute atomic E-state index is 0. The number of furan rings is 1. The summed E-state index contributed by atoms with van der Waals surface area (Å²) in [6.07, 6.45) is 1.73. The second-order valence-corrected chi connectivity index (χ2v) is 24.7. The van der Waals surface area contributed by atoms with E-state index in [4.69, 9.17) is 19.9 Å². The van der Waals surface area contributed by atoms with Crippen molar-refractivity contribution in [3.8, 4) is 28.3 Å². The van der Waals surface area contributed by atoms with E-state index in [1.807, 2.05) is 36.4 Å². The molecule has 5 aromatic heterocycles. The molecule has 0 saturated heterocycles. The molecule has 0 aliphatic carbocycles. The van der Waals surface area contributed by atoms with Crippen molar-refractivity contribution in [2.75, 3.05) is 0 Å². The van der Waals surface area contributed by atoms with Crippen molar-refractivity contribution in [2.24, 2.45) is 0 Å². The maximum atomic E-state index is 15.6. The Hall–Kier alpha value is -5.90. The van der Waals surface area contributed by atoms with Gasteiger partial charge in [-0.3, -0.25) is 13.8 Å². The van der Waals surface area contributed by atoms with E-state index in [2.05, 4.69) is 111 Å². The SMILES string of the molecule is Cc1cc2c(oc3ccccc32)c(C)c1-n1c(-c2[c-]cc(F)c3c2sc2nc(C(C)C)ccc23)nc2cc3ccccc3cc21.[2H]C([2H])([2H])c1c[c-]c(-c2cc(C([2H])(C)C)c([Si](C)(C)C)cn2)c(F)c1.[Ir]. The fourth-order valence-corrected chi connectivity index (χ4v) is 11.9. The first-order valence-electron chi connectivity index (χ1n) is 24.1. The van der Waals surface area contributed by atoms with Crippen LogP contribution in [-0.2, 0) is 20.1 Å². The van der Waals surface area contributed by atoms with E-state index in [9.17, 15) is 4.39 Å². The van der Waals surface area contributed by atoms with Crippen LogP contribution in [0.1, 0.15) is 72.9 Å². The molecule has 11 aromatic rings. The first-order chi connectivity index (χ1) is 33.1. The molecule has 6 aromatic carbocycles. The normalized spacial score (nSPS) is 13.3. The van der Waals surface area contributed by atoms with Gasteiger partial charge in [-0.05, 0) is 93.3 Å². The van der Waals surface area contributed by atoms with Gasteiger partial charge in [-0.25, -0.2) is 4.98 Å². The fourth-order valence-electron chi connectivity index (χ4n) is 9.11. The van der Waals surface area contributed by atoms with Gasteiger partial charge in [-0.15, -0.1) is 35.9 Å². The molecule has 0 bridgehead atoms. The Kier molecular flexibility index (Phi) is 10.9. The number of para-hydroxylation sites is 1. The Labute approximate surface area is 413 Å². The first-order valence-corrected chi connectivity index (χ1v) is 26.4. The van der Waals surface area contributed by atoms with Gasteiger partial charge in [0, 0.05) is 76.5 Å². The molecule has 5 nitrogen and oxygen atoms in total. The molecule has 0 aliphatic rings. The number of thiophene rings is 1. The van der Waals surface area contributed by atoms with Crippen molar-refractivity contribution < 1.29 is 38.8 Å². The summed E-state index contributed by atoms with van der Waals surface area (Å²) in [6, 6.07) is 38.6. The van der Waals surface area contributed by atoms with Crippen LogP contribution in [0.25, 0.3) is 92.4 Å². The predicted molar refractivity (Wildman–Crippen MR) is 275 cm³/mol. The molecule has 0 amide bonds. The monoisotopic (exact) mass is 1100 g/mol. The van der Waals surface area contributed by atoms with E-state index in [0.717, 1.165) is 104 Å². The molecule has 67 heavy (non-hydrogen) atoms. The van der Waals surface area contributed by atoms with Crippen LogP contribution in [0.15, 0.2) is 114 Å². The van der Waals surface area contributed by atoms with Crippen LogP contribution in [0, 0.1) is 44.5 Å². The number of benzene rings is 6. The maximum Gasteiger partial charge on any atom is 0.140 e. The van der Waals surface area contributed by atoms with E-state index < -0.39 is 26.6 Å². The van der Waals surface area contributed by atoms with E-state index in [1.165, 1.54) is 23.5 Å². The topological polar surface area (TPSA) is 56.7 Å². The van der Waals surface area contributed by atoms with Crippen LogP contribution in [0.2, 0.25) is 19.6 Å². The van der Waals surface area contributed by atoms with Crippen molar-refractivity contribution in [3.63, 3.8) is 0 Å². The molecule has 0 N–H and O–H groups in total. The third-order valence-electron chi connectivity index (χ3n) is 12.4. The number of rotatable bonds is 6. The number of pyridine rings is 2. The molecule has 1 radical (unpaired) electrons. The molecule has 11 rings (SSSR count). The number of fused-ring (bicyclic) bond motifs is 8. The zero-order valence-corrected chi connectivity index (χ0v) is 42.9. The Morgan fingerprint density at radius 2 is 1.54 bits per heavy atom. The molecule has 0 saturated carbocycles. The second kappa shape index (κ2) is 17.6. The van der Waals surface area contributed by atoms with Crippen molar-refractivity contribution in [2.45, 2.75) is 79.8 Å². The van der Waals surface area contributed by atoms with Crippen LogP contribution < -0.4 is 5.19 Å². The van der Waals surface area contributed by atoms with Crippen LogP contribution in [0.3, 0.4) is 0 Å². The second-order valence-electron chi connectivity index (χ2n) is 18.6. The summed E-state index contributed by atoms with van der Waals surface area (Å²) in [6.45, 7) is 16.3. The molecule has 0 spiro atoms. The van der Waals surface area contributed by atoms with Crippen molar-refractivity contribution in [1.82, 2.24) is 19.5 Å². The summed E-state index contributed by atoms with van der Waals surface area (Å²) < 4.78 is 70.1. The number of halogens is 2. The van der Waals surface area contributed by atoms with E-state index in [-0.39, 0.29) is 43.0 Å². The number of imidazole rings is 1. The minimum atomic E-state index is -2.38. The largest absolute Gasteiger partial charge is 0.456 e. The summed E-state index contributed by atoms with van der Waals surface area (Å²) in [5.74, 6) is -0.836. The average molecular weight is 1100 g/mol. The van der Waals surface area contributed by atoms with Crippen LogP contribution in [-0.4, -0.2) is 27.6 Å². The molecule has 0 atom stereocenters. The summed E-state index contributed by atoms with van der Waals surface area (Å²) in [5, 5.41) is 6.87. The fraction of sp³-hybridized carbons (Fsp3) is 0.211. The molecular formula is C57H50F2IrN4OSSi-2. The molecular weight excluding hydrogens is 1050 g/mol. The van der Waals surface area contributed by atoms with Gasteiger partial charge in [0.2, 0.25) is 0 Å². The summed E-state index contributed by atoms with van der Waals surface area (Å²) in [4.78, 5) is 15.4. The van der Waals surface area contributed by atoms with E-state index in [0.29, 0.717) is 16.9 Å². The summed E-state index contributed by atoms with van der Waals surface area (Å²) in [7, 11) is -1.72. The quantitative estimate of drug-likeness (QED) is 0.123. The first kappa shape index (κ1) is 41.3. The van der Waals surface area contributed by atoms with Crippen LogP contribution in [0.4, 0.5) is 8.78 Å². The van der Waals surface area contributed by atoms with Crippen molar-refractivity contribution in [3.05, 3.63) is 161 Å². The number of hydrogen-bond acceptors (Lipinski definition) is 5. The van der Waals surface area contributed by atoms with Gasteiger partial charge in [0.1, 0.15) is 16.0 Å². The molecule has 0 unspecified atom stereocenters. The predicted octanol–water partition coefficient (Wildman–Crippen LogP) is 15.8. The maximum absolute atomic E-state index is 15.6. The number of aryl methyl sites for hydroxylation is 3. The van der Waals surface area contributed by atoms with Gasteiger partial charge in [0.15, 0.2) is 0 Å². The number of hydrogen-bond donors (Lipinski definition) is 0. The number of aromatic nitrogens is 4. The van der Waals surface area contributed by atoms with Crippen molar-refractivity contribution >= 4 is 88.6 Å². The molecule has 10 heteroatoms. The van der Waals surface area contributed by atoms with Gasteiger partial charge in [0.25, 0.3) is 0 Å². The van der Waals surface area contributed by atoms with Gasteiger partial charge < -0.3 is 14.0 Å². The zero-order valence-electron chi connectivity index (χ0n) is 42.7. The summed E-state index contributed by atoms with van der Waals surface area (Å²) >= 11 is 1.51. The molecule has 5 heterocycles. The summed E-state index contributed by atoms with van der Waals surface area (Å²) in [5.41, 5.74) is 9.63. The van der Waals surface area contributed by atoms with Gasteiger partial charge >= 0.3 is 0 Å². The Morgan fingerprint density at radius 3 is 2.25 bits per heavy atom. The minimum Gasteiger partial charge on any atom is -0.456 e. The van der Waals surface area contributed by atoms with E-state index >= 15 is 4.39 Å². The third kappa shape index (κ3) is 8.12. The van der Waals surface area contributed by atoms with Gasteiger partial charge in [0.05, 0.1) is 24.9 Å². The van der Waals surface area contributed by atoms with Crippen molar-refractivity contribution in [1.29, 1.82) is 0 Å². The standard InChI is InChI=1S/C39H27FN3OS.C18H23FNSi.Ir/c1-20(2)30-16-14-26-34-29(40)15-13-27(37(34)45-39(26)42-30)38-41-31-18-23-9-5-6-10-24(23)19-32(31)43(38)35-21(3)17-28-25-11-7-8-12-33(25)44-36(28)22(35)4;1-12(2)15-10-17(20-11-18(15)21(4,5)6)14-8-7-13(3)9-16(14)19;/h5-12,14-20H,1-4H3;7,9-12H,1-6H3;/q2*-1;/i;3D3,12D;. The Morgan fingerprint density at radius 1 is 0.806 bits per heavy atom. The van der Waals surface area contributed by atoms with Gasteiger partial charge in [-0.2, -0.15) is 11.3 Å². The smallest absolute Gasteiger partial charge is 0.140 e.